The predicted molar refractivity (Wildman–Crippen MR) is 79.9 cm³/mol. The molecule has 2 rings (SSSR count). The summed E-state index contributed by atoms with van der Waals surface area (Å²) in [6.45, 7) is 2.67. The van der Waals surface area contributed by atoms with Crippen LogP contribution in [-0.2, 0) is 13.0 Å². The molecule has 1 amide bonds. The fraction of sp³-hybridized carbons (Fsp3) is 0.312. The third kappa shape index (κ3) is 3.41. The van der Waals surface area contributed by atoms with Crippen LogP contribution in [0.4, 0.5) is 5.69 Å². The summed E-state index contributed by atoms with van der Waals surface area (Å²) in [5.74, 6) is 1.88. The zero-order valence-electron chi connectivity index (χ0n) is 12.1. The number of anilines is 1. The number of amides is 1. The molecule has 0 unspecified atom stereocenters. The Morgan fingerprint density at radius 3 is 2.60 bits per heavy atom. The highest BCUT2D eigenvalue weighted by Crippen LogP contribution is 2.15. The standard InChI is InChI=1S/C16H20N2O2/c1-4-14-8-9-15(20-14)11-17-13-7-5-6-12(10-13)16(19)18(2)3/h5-10,17H,4,11H2,1-3H3. The molecule has 2 aromatic rings. The highest BCUT2D eigenvalue weighted by atomic mass is 16.3. The van der Waals surface area contributed by atoms with Crippen molar-refractivity contribution in [3.8, 4) is 0 Å². The molecule has 1 aromatic heterocycles. The Labute approximate surface area is 119 Å². The van der Waals surface area contributed by atoms with Crippen LogP contribution in [0.2, 0.25) is 0 Å². The van der Waals surface area contributed by atoms with E-state index in [1.54, 1.807) is 19.0 Å². The molecule has 1 aromatic carbocycles. The van der Waals surface area contributed by atoms with Gasteiger partial charge in [-0.3, -0.25) is 4.79 Å². The molecule has 0 aliphatic heterocycles. The van der Waals surface area contributed by atoms with Gasteiger partial charge < -0.3 is 14.6 Å². The number of nitrogens with one attached hydrogen (secondary N) is 1. The van der Waals surface area contributed by atoms with Crippen LogP contribution in [0.25, 0.3) is 0 Å². The second-order valence-corrected chi connectivity index (χ2v) is 4.86. The molecular weight excluding hydrogens is 252 g/mol. The minimum Gasteiger partial charge on any atom is -0.464 e. The average molecular weight is 272 g/mol. The molecule has 4 nitrogen and oxygen atoms in total. The highest BCUT2D eigenvalue weighted by molar-refractivity contribution is 5.94. The van der Waals surface area contributed by atoms with Crippen LogP contribution in [0.3, 0.4) is 0 Å². The minimum atomic E-state index is -0.0000761. The van der Waals surface area contributed by atoms with E-state index in [1.807, 2.05) is 36.4 Å². The van der Waals surface area contributed by atoms with Gasteiger partial charge in [0, 0.05) is 31.8 Å². The number of carbonyl (C=O) groups excluding carboxylic acids is 1. The van der Waals surface area contributed by atoms with Gasteiger partial charge in [-0.05, 0) is 30.3 Å². The van der Waals surface area contributed by atoms with Crippen molar-refractivity contribution in [2.75, 3.05) is 19.4 Å². The lowest BCUT2D eigenvalue weighted by Gasteiger charge is -2.11. The van der Waals surface area contributed by atoms with Crippen molar-refractivity contribution in [1.82, 2.24) is 4.90 Å². The van der Waals surface area contributed by atoms with Gasteiger partial charge >= 0.3 is 0 Å². The van der Waals surface area contributed by atoms with Gasteiger partial charge in [-0.25, -0.2) is 0 Å². The van der Waals surface area contributed by atoms with Crippen molar-refractivity contribution in [2.45, 2.75) is 19.9 Å². The van der Waals surface area contributed by atoms with Crippen LogP contribution in [0, 0.1) is 0 Å². The SMILES string of the molecule is CCc1ccc(CNc2cccc(C(=O)N(C)C)c2)o1. The summed E-state index contributed by atoms with van der Waals surface area (Å²) in [5, 5.41) is 3.27. The molecule has 1 N–H and O–H groups in total. The molecule has 0 aliphatic carbocycles. The molecule has 0 saturated heterocycles. The molecular formula is C16H20N2O2. The summed E-state index contributed by atoms with van der Waals surface area (Å²) in [6, 6.07) is 11.4. The lowest BCUT2D eigenvalue weighted by atomic mass is 10.2. The van der Waals surface area contributed by atoms with Crippen LogP contribution in [0.1, 0.15) is 28.8 Å². The van der Waals surface area contributed by atoms with Crippen molar-refractivity contribution in [3.05, 3.63) is 53.5 Å². The maximum Gasteiger partial charge on any atom is 0.253 e. The van der Waals surface area contributed by atoms with Gasteiger partial charge in [-0.1, -0.05) is 13.0 Å². The summed E-state index contributed by atoms with van der Waals surface area (Å²) in [6.07, 6.45) is 0.896. The lowest BCUT2D eigenvalue weighted by molar-refractivity contribution is 0.0827. The first-order valence-corrected chi connectivity index (χ1v) is 6.73. The molecule has 4 heteroatoms. The van der Waals surface area contributed by atoms with E-state index in [0.29, 0.717) is 12.1 Å². The van der Waals surface area contributed by atoms with Gasteiger partial charge in [0.15, 0.2) is 0 Å². The van der Waals surface area contributed by atoms with E-state index < -0.39 is 0 Å². The molecule has 0 bridgehead atoms. The van der Waals surface area contributed by atoms with Gasteiger partial charge in [0.25, 0.3) is 5.91 Å². The number of hydrogen-bond donors (Lipinski definition) is 1. The lowest BCUT2D eigenvalue weighted by Crippen LogP contribution is -2.21. The summed E-state index contributed by atoms with van der Waals surface area (Å²) in [7, 11) is 3.50. The second-order valence-electron chi connectivity index (χ2n) is 4.86. The van der Waals surface area contributed by atoms with Crippen LogP contribution in [-0.4, -0.2) is 24.9 Å². The third-order valence-corrected chi connectivity index (χ3v) is 3.05. The van der Waals surface area contributed by atoms with Crippen molar-refractivity contribution in [1.29, 1.82) is 0 Å². The van der Waals surface area contributed by atoms with Crippen molar-refractivity contribution in [2.24, 2.45) is 0 Å². The first kappa shape index (κ1) is 14.2. The Balaban J connectivity index is 2.02. The Morgan fingerprint density at radius 1 is 1.20 bits per heavy atom. The molecule has 0 aliphatic rings. The Kier molecular flexibility index (Phi) is 4.45. The maximum atomic E-state index is 11.9. The average Bonchev–Trinajstić information content (AvgIpc) is 2.92. The first-order chi connectivity index (χ1) is 9.60. The summed E-state index contributed by atoms with van der Waals surface area (Å²) < 4.78 is 5.63. The zero-order valence-corrected chi connectivity index (χ0v) is 12.1. The quantitative estimate of drug-likeness (QED) is 0.909. The topological polar surface area (TPSA) is 45.5 Å². The Hall–Kier alpha value is -2.23. The zero-order chi connectivity index (χ0) is 14.5. The number of nitrogens with zero attached hydrogens (tertiary/aromatic N) is 1. The highest BCUT2D eigenvalue weighted by Gasteiger charge is 2.08. The molecule has 0 saturated carbocycles. The van der Waals surface area contributed by atoms with E-state index in [1.165, 1.54) is 0 Å². The van der Waals surface area contributed by atoms with Crippen molar-refractivity contribution >= 4 is 11.6 Å². The summed E-state index contributed by atoms with van der Waals surface area (Å²) >= 11 is 0. The first-order valence-electron chi connectivity index (χ1n) is 6.73. The predicted octanol–water partition coefficient (Wildman–Crippen LogP) is 3.16. The summed E-state index contributed by atoms with van der Waals surface area (Å²) in [4.78, 5) is 13.5. The number of hydrogen-bond acceptors (Lipinski definition) is 3. The van der Waals surface area contributed by atoms with E-state index in [9.17, 15) is 4.79 Å². The van der Waals surface area contributed by atoms with Gasteiger partial charge in [0.2, 0.25) is 0 Å². The second kappa shape index (κ2) is 6.28. The number of benzene rings is 1. The van der Waals surface area contributed by atoms with Crippen LogP contribution < -0.4 is 5.32 Å². The summed E-state index contributed by atoms with van der Waals surface area (Å²) in [5.41, 5.74) is 1.58. The van der Waals surface area contributed by atoms with E-state index in [4.69, 9.17) is 4.42 Å². The van der Waals surface area contributed by atoms with Gasteiger partial charge in [0.1, 0.15) is 11.5 Å². The van der Waals surface area contributed by atoms with Crippen molar-refractivity contribution < 1.29 is 9.21 Å². The molecule has 0 radical (unpaired) electrons. The van der Waals surface area contributed by atoms with E-state index in [0.717, 1.165) is 23.6 Å². The molecule has 0 atom stereocenters. The third-order valence-electron chi connectivity index (χ3n) is 3.05. The smallest absolute Gasteiger partial charge is 0.253 e. The molecule has 0 spiro atoms. The van der Waals surface area contributed by atoms with E-state index >= 15 is 0 Å². The van der Waals surface area contributed by atoms with Crippen LogP contribution in [0.5, 0.6) is 0 Å². The maximum absolute atomic E-state index is 11.9. The van der Waals surface area contributed by atoms with Crippen LogP contribution in [0.15, 0.2) is 40.8 Å². The van der Waals surface area contributed by atoms with Crippen LogP contribution >= 0.6 is 0 Å². The molecule has 20 heavy (non-hydrogen) atoms. The minimum absolute atomic E-state index is 0.0000761. The van der Waals surface area contributed by atoms with E-state index in [-0.39, 0.29) is 5.91 Å². The number of furan rings is 1. The molecule has 1 heterocycles. The Bertz CT molecular complexity index is 588. The van der Waals surface area contributed by atoms with E-state index in [2.05, 4.69) is 12.2 Å². The normalized spacial score (nSPS) is 10.3. The van der Waals surface area contributed by atoms with Gasteiger partial charge in [-0.15, -0.1) is 0 Å². The monoisotopic (exact) mass is 272 g/mol. The van der Waals surface area contributed by atoms with Crippen molar-refractivity contribution in [3.63, 3.8) is 0 Å². The number of carbonyl (C=O) groups is 1. The molecule has 106 valence electrons. The largest absolute Gasteiger partial charge is 0.464 e. The van der Waals surface area contributed by atoms with Gasteiger partial charge in [-0.2, -0.15) is 0 Å². The molecule has 0 fully saturated rings. The van der Waals surface area contributed by atoms with Gasteiger partial charge in [0.05, 0.1) is 6.54 Å². The fourth-order valence-corrected chi connectivity index (χ4v) is 1.92. The fourth-order valence-electron chi connectivity index (χ4n) is 1.92. The number of rotatable bonds is 5. The Morgan fingerprint density at radius 2 is 1.95 bits per heavy atom. The number of aryl methyl sites for hydroxylation is 1.